The van der Waals surface area contributed by atoms with Crippen LogP contribution >= 0.6 is 0 Å². The summed E-state index contributed by atoms with van der Waals surface area (Å²) in [5.74, 6) is -1.41. The molecule has 6 nitrogen and oxygen atoms in total. The van der Waals surface area contributed by atoms with Crippen molar-refractivity contribution in [2.45, 2.75) is 6.92 Å². The Kier molecular flexibility index (Phi) is 4.82. The van der Waals surface area contributed by atoms with E-state index in [9.17, 15) is 13.6 Å². The van der Waals surface area contributed by atoms with Crippen LogP contribution in [0, 0.1) is 18.7 Å². The second-order valence-electron chi connectivity index (χ2n) is 6.26. The summed E-state index contributed by atoms with van der Waals surface area (Å²) in [6.45, 7) is 1.75. The number of pyridine rings is 1. The van der Waals surface area contributed by atoms with E-state index in [-0.39, 0.29) is 17.3 Å². The molecule has 0 saturated heterocycles. The van der Waals surface area contributed by atoms with Gasteiger partial charge < -0.3 is 9.84 Å². The number of aryl methyl sites for hydroxylation is 1. The van der Waals surface area contributed by atoms with Crippen molar-refractivity contribution in [3.05, 3.63) is 83.7 Å². The smallest absolute Gasteiger partial charge is 0.258 e. The SMILES string of the molecule is Cc1cnc(F)cc1-c1nc(-c2cccc(NC(=O)c3ccccc3F)c2)no1. The van der Waals surface area contributed by atoms with Crippen LogP contribution in [0.5, 0.6) is 0 Å². The molecule has 0 atom stereocenters. The largest absolute Gasteiger partial charge is 0.334 e. The third-order valence-electron chi connectivity index (χ3n) is 4.22. The van der Waals surface area contributed by atoms with E-state index >= 15 is 0 Å². The van der Waals surface area contributed by atoms with Gasteiger partial charge in [0.05, 0.1) is 5.56 Å². The molecule has 2 aromatic carbocycles. The Bertz CT molecular complexity index is 1210. The number of carbonyl (C=O) groups excluding carboxylic acids is 1. The molecule has 29 heavy (non-hydrogen) atoms. The molecule has 4 aromatic rings. The third kappa shape index (κ3) is 3.86. The van der Waals surface area contributed by atoms with Gasteiger partial charge in [-0.25, -0.2) is 9.37 Å². The van der Waals surface area contributed by atoms with Crippen molar-refractivity contribution in [1.82, 2.24) is 15.1 Å². The van der Waals surface area contributed by atoms with Crippen LogP contribution in [0.4, 0.5) is 14.5 Å². The minimum absolute atomic E-state index is 0.0602. The molecule has 0 aliphatic carbocycles. The van der Waals surface area contributed by atoms with E-state index in [1.54, 1.807) is 37.3 Å². The maximum Gasteiger partial charge on any atom is 0.258 e. The summed E-state index contributed by atoms with van der Waals surface area (Å²) >= 11 is 0. The number of halogens is 2. The van der Waals surface area contributed by atoms with Gasteiger partial charge in [0.1, 0.15) is 5.82 Å². The second kappa shape index (κ2) is 7.59. The first-order valence-electron chi connectivity index (χ1n) is 8.64. The molecule has 4 rings (SSSR count). The first-order chi connectivity index (χ1) is 14.0. The van der Waals surface area contributed by atoms with Crippen LogP contribution in [-0.4, -0.2) is 21.0 Å². The Morgan fingerprint density at radius 2 is 1.90 bits per heavy atom. The lowest BCUT2D eigenvalue weighted by Crippen LogP contribution is -2.13. The second-order valence-corrected chi connectivity index (χ2v) is 6.26. The average molecular weight is 392 g/mol. The lowest BCUT2D eigenvalue weighted by molar-refractivity contribution is 0.102. The van der Waals surface area contributed by atoms with E-state index in [0.29, 0.717) is 22.4 Å². The standard InChI is InChI=1S/C21H14F2N4O2/c1-12-11-24-18(23)10-16(12)21-26-19(27-29-21)13-5-4-6-14(9-13)25-20(28)15-7-2-3-8-17(15)22/h2-11H,1H3,(H,25,28). The number of carbonyl (C=O) groups is 1. The Morgan fingerprint density at radius 1 is 1.07 bits per heavy atom. The maximum absolute atomic E-state index is 13.8. The molecule has 0 spiro atoms. The van der Waals surface area contributed by atoms with Crippen LogP contribution in [0.2, 0.25) is 0 Å². The average Bonchev–Trinajstić information content (AvgIpc) is 3.20. The Morgan fingerprint density at radius 3 is 2.72 bits per heavy atom. The summed E-state index contributed by atoms with van der Waals surface area (Å²) in [6.07, 6.45) is 1.38. The van der Waals surface area contributed by atoms with Crippen LogP contribution < -0.4 is 5.32 Å². The van der Waals surface area contributed by atoms with Gasteiger partial charge in [-0.2, -0.15) is 9.37 Å². The Hall–Kier alpha value is -3.94. The van der Waals surface area contributed by atoms with Gasteiger partial charge in [-0.15, -0.1) is 0 Å². The number of rotatable bonds is 4. The molecule has 2 heterocycles. The van der Waals surface area contributed by atoms with Crippen molar-refractivity contribution in [2.75, 3.05) is 5.32 Å². The van der Waals surface area contributed by atoms with E-state index in [1.165, 1.54) is 30.5 Å². The summed E-state index contributed by atoms with van der Waals surface area (Å²) in [5.41, 5.74) is 2.08. The zero-order valence-corrected chi connectivity index (χ0v) is 15.2. The molecule has 2 aromatic heterocycles. The number of benzene rings is 2. The summed E-state index contributed by atoms with van der Waals surface area (Å²) < 4.78 is 32.5. The van der Waals surface area contributed by atoms with E-state index in [2.05, 4.69) is 20.4 Å². The van der Waals surface area contributed by atoms with E-state index in [0.717, 1.165) is 0 Å². The lowest BCUT2D eigenvalue weighted by Gasteiger charge is -2.07. The highest BCUT2D eigenvalue weighted by atomic mass is 19.1. The maximum atomic E-state index is 13.8. The Balaban J connectivity index is 1.60. The lowest BCUT2D eigenvalue weighted by atomic mass is 10.1. The fraction of sp³-hybridized carbons (Fsp3) is 0.0476. The molecular weight excluding hydrogens is 378 g/mol. The van der Waals surface area contributed by atoms with Gasteiger partial charge >= 0.3 is 0 Å². The van der Waals surface area contributed by atoms with Crippen molar-refractivity contribution in [1.29, 1.82) is 0 Å². The number of nitrogens with one attached hydrogen (secondary N) is 1. The third-order valence-corrected chi connectivity index (χ3v) is 4.22. The zero-order valence-electron chi connectivity index (χ0n) is 15.2. The molecule has 0 aliphatic rings. The van der Waals surface area contributed by atoms with E-state index < -0.39 is 17.7 Å². The normalized spacial score (nSPS) is 10.7. The monoisotopic (exact) mass is 392 g/mol. The molecule has 0 bridgehead atoms. The van der Waals surface area contributed by atoms with Crippen molar-refractivity contribution < 1.29 is 18.1 Å². The molecule has 1 amide bonds. The van der Waals surface area contributed by atoms with Gasteiger partial charge in [-0.05, 0) is 36.8 Å². The summed E-state index contributed by atoms with van der Waals surface area (Å²) in [4.78, 5) is 20.2. The summed E-state index contributed by atoms with van der Waals surface area (Å²) in [5, 5.41) is 6.57. The minimum Gasteiger partial charge on any atom is -0.334 e. The minimum atomic E-state index is -0.650. The van der Waals surface area contributed by atoms with Crippen molar-refractivity contribution in [3.63, 3.8) is 0 Å². The number of nitrogens with zero attached hydrogens (tertiary/aromatic N) is 3. The fourth-order valence-electron chi connectivity index (χ4n) is 2.76. The number of amides is 1. The molecule has 0 unspecified atom stereocenters. The van der Waals surface area contributed by atoms with E-state index in [4.69, 9.17) is 4.52 Å². The van der Waals surface area contributed by atoms with Crippen molar-refractivity contribution in [2.24, 2.45) is 0 Å². The van der Waals surface area contributed by atoms with Crippen LogP contribution in [0.25, 0.3) is 22.8 Å². The highest BCUT2D eigenvalue weighted by molar-refractivity contribution is 6.04. The van der Waals surface area contributed by atoms with Gasteiger partial charge in [-0.1, -0.05) is 29.4 Å². The molecule has 8 heteroatoms. The number of hydrogen-bond acceptors (Lipinski definition) is 5. The summed E-state index contributed by atoms with van der Waals surface area (Å²) in [6, 6.07) is 13.6. The highest BCUT2D eigenvalue weighted by Gasteiger charge is 2.15. The van der Waals surface area contributed by atoms with Gasteiger partial charge in [0.25, 0.3) is 11.8 Å². The van der Waals surface area contributed by atoms with Crippen LogP contribution in [0.1, 0.15) is 15.9 Å². The molecule has 0 radical (unpaired) electrons. The number of anilines is 1. The van der Waals surface area contributed by atoms with Gasteiger partial charge in [-0.3, -0.25) is 4.79 Å². The first-order valence-corrected chi connectivity index (χ1v) is 8.64. The van der Waals surface area contributed by atoms with Crippen molar-refractivity contribution >= 4 is 11.6 Å². The molecule has 0 saturated carbocycles. The first kappa shape index (κ1) is 18.4. The highest BCUT2D eigenvalue weighted by Crippen LogP contribution is 2.26. The van der Waals surface area contributed by atoms with Crippen LogP contribution in [-0.2, 0) is 0 Å². The fourth-order valence-corrected chi connectivity index (χ4v) is 2.76. The molecule has 144 valence electrons. The van der Waals surface area contributed by atoms with Gasteiger partial charge in [0.2, 0.25) is 11.8 Å². The quantitative estimate of drug-likeness (QED) is 0.512. The molecule has 0 aliphatic heterocycles. The number of aromatic nitrogens is 3. The number of hydrogen-bond donors (Lipinski definition) is 1. The molecule has 0 fully saturated rings. The van der Waals surface area contributed by atoms with Crippen molar-refractivity contribution in [3.8, 4) is 22.8 Å². The zero-order chi connectivity index (χ0) is 20.4. The molecule has 1 N–H and O–H groups in total. The Labute approximate surface area is 164 Å². The predicted octanol–water partition coefficient (Wildman–Crippen LogP) is 4.64. The topological polar surface area (TPSA) is 80.9 Å². The predicted molar refractivity (Wildman–Crippen MR) is 102 cm³/mol. The van der Waals surface area contributed by atoms with Gasteiger partial charge in [0, 0.05) is 29.1 Å². The van der Waals surface area contributed by atoms with Crippen LogP contribution in [0.15, 0.2) is 65.3 Å². The van der Waals surface area contributed by atoms with Gasteiger partial charge in [0.15, 0.2) is 0 Å². The summed E-state index contributed by atoms with van der Waals surface area (Å²) in [7, 11) is 0. The van der Waals surface area contributed by atoms with Crippen LogP contribution in [0.3, 0.4) is 0 Å². The van der Waals surface area contributed by atoms with E-state index in [1.807, 2.05) is 0 Å². The molecular formula is C21H14F2N4O2.